The zero-order valence-corrected chi connectivity index (χ0v) is 12.2. The van der Waals surface area contributed by atoms with Gasteiger partial charge in [0.1, 0.15) is 5.69 Å². The maximum atomic E-state index is 13.1. The van der Waals surface area contributed by atoms with E-state index in [1.807, 2.05) is 0 Å². The van der Waals surface area contributed by atoms with Crippen LogP contribution in [0, 0.1) is 0 Å². The third kappa shape index (κ3) is 3.25. The average Bonchev–Trinajstić information content (AvgIpc) is 3.03. The number of aromatic nitrogens is 5. The topological polar surface area (TPSA) is 76.7 Å². The predicted molar refractivity (Wildman–Crippen MR) is 77.5 cm³/mol. The largest absolute Gasteiger partial charge is 0.416 e. The third-order valence-corrected chi connectivity index (χ3v) is 3.40. The van der Waals surface area contributed by atoms with Gasteiger partial charge in [-0.2, -0.15) is 13.2 Å². The minimum atomic E-state index is -4.55. The van der Waals surface area contributed by atoms with Crippen LogP contribution in [-0.2, 0) is 12.7 Å². The minimum Gasteiger partial charge on any atom is -0.386 e. The molecule has 0 aliphatic rings. The van der Waals surface area contributed by atoms with Crippen LogP contribution in [-0.4, -0.2) is 30.3 Å². The summed E-state index contributed by atoms with van der Waals surface area (Å²) in [5.74, 6) is 0.263. The van der Waals surface area contributed by atoms with Crippen molar-refractivity contribution in [2.45, 2.75) is 18.8 Å². The fourth-order valence-electron chi connectivity index (χ4n) is 2.31. The molecule has 3 rings (SSSR count). The number of halogens is 3. The van der Waals surface area contributed by atoms with Crippen molar-refractivity contribution in [2.75, 3.05) is 0 Å². The second-order valence-electron chi connectivity index (χ2n) is 5.00. The molecular formula is C15H12F3N5O. The van der Waals surface area contributed by atoms with Crippen LogP contribution in [0.1, 0.15) is 17.2 Å². The van der Waals surface area contributed by atoms with E-state index < -0.39 is 17.8 Å². The first-order chi connectivity index (χ1) is 11.5. The van der Waals surface area contributed by atoms with E-state index in [2.05, 4.69) is 20.5 Å². The minimum absolute atomic E-state index is 0.229. The Labute approximate surface area is 134 Å². The Balaban J connectivity index is 1.90. The first kappa shape index (κ1) is 16.1. The average molecular weight is 335 g/mol. The summed E-state index contributed by atoms with van der Waals surface area (Å²) in [5.41, 5.74) is -0.656. The molecule has 1 atom stereocenters. The lowest BCUT2D eigenvalue weighted by molar-refractivity contribution is -0.139. The van der Waals surface area contributed by atoms with Crippen molar-refractivity contribution >= 4 is 0 Å². The summed E-state index contributed by atoms with van der Waals surface area (Å²) in [6.07, 6.45) is -4.43. The van der Waals surface area contributed by atoms with Crippen LogP contribution in [0.2, 0.25) is 0 Å². The smallest absolute Gasteiger partial charge is 0.386 e. The highest BCUT2D eigenvalue weighted by molar-refractivity contribution is 5.47. The van der Waals surface area contributed by atoms with Crippen molar-refractivity contribution in [1.29, 1.82) is 0 Å². The molecular weight excluding hydrogens is 323 g/mol. The fraction of sp³-hybridized carbons (Fsp3) is 0.200. The van der Waals surface area contributed by atoms with Gasteiger partial charge in [0.25, 0.3) is 0 Å². The monoisotopic (exact) mass is 335 g/mol. The second kappa shape index (κ2) is 6.36. The molecule has 0 spiro atoms. The Morgan fingerprint density at radius 1 is 1.08 bits per heavy atom. The number of pyridine rings is 1. The molecule has 9 heteroatoms. The molecule has 0 aliphatic carbocycles. The molecule has 0 bridgehead atoms. The molecule has 1 unspecified atom stereocenters. The Hall–Kier alpha value is -2.81. The van der Waals surface area contributed by atoms with Gasteiger partial charge in [0, 0.05) is 6.20 Å². The summed E-state index contributed by atoms with van der Waals surface area (Å²) in [5, 5.41) is 21.3. The van der Waals surface area contributed by atoms with Crippen molar-refractivity contribution < 1.29 is 18.3 Å². The van der Waals surface area contributed by atoms with Crippen LogP contribution < -0.4 is 0 Å². The van der Waals surface area contributed by atoms with Gasteiger partial charge in [-0.25, -0.2) is 4.68 Å². The van der Waals surface area contributed by atoms with E-state index in [1.165, 1.54) is 22.9 Å². The number of alkyl halides is 3. The van der Waals surface area contributed by atoms with Gasteiger partial charge in [-0.05, 0) is 34.2 Å². The Kier molecular flexibility index (Phi) is 4.26. The quantitative estimate of drug-likeness (QED) is 0.793. The molecule has 0 saturated heterocycles. The second-order valence-corrected chi connectivity index (χ2v) is 5.00. The molecule has 24 heavy (non-hydrogen) atoms. The summed E-state index contributed by atoms with van der Waals surface area (Å²) in [6, 6.07) is 9.99. The van der Waals surface area contributed by atoms with Crippen LogP contribution in [0.15, 0.2) is 48.7 Å². The molecule has 1 N–H and O–H groups in total. The maximum absolute atomic E-state index is 13.1. The molecule has 2 heterocycles. The summed E-state index contributed by atoms with van der Waals surface area (Å²) in [6.45, 7) is -0.230. The van der Waals surface area contributed by atoms with Crippen molar-refractivity contribution in [3.63, 3.8) is 0 Å². The lowest BCUT2D eigenvalue weighted by Gasteiger charge is -2.17. The number of aliphatic hydroxyl groups excluding tert-OH is 1. The lowest BCUT2D eigenvalue weighted by Crippen LogP contribution is -2.17. The standard InChI is InChI=1S/C15H12F3N5O/c16-15(17,18)11-6-2-1-5-10(11)13(24)9-23-14(20-21-22-23)12-7-3-4-8-19-12/h1-8,13,24H,9H2. The van der Waals surface area contributed by atoms with E-state index in [0.717, 1.165) is 6.07 Å². The molecule has 0 radical (unpaired) electrons. The summed E-state index contributed by atoms with van der Waals surface area (Å²) in [4.78, 5) is 4.09. The molecule has 2 aromatic heterocycles. The molecule has 0 fully saturated rings. The highest BCUT2D eigenvalue weighted by Crippen LogP contribution is 2.35. The summed E-state index contributed by atoms with van der Waals surface area (Å²) < 4.78 is 40.4. The van der Waals surface area contributed by atoms with E-state index in [0.29, 0.717) is 5.69 Å². The van der Waals surface area contributed by atoms with Crippen molar-refractivity contribution in [3.05, 3.63) is 59.8 Å². The fourth-order valence-corrected chi connectivity index (χ4v) is 2.31. The van der Waals surface area contributed by atoms with Crippen LogP contribution in [0.4, 0.5) is 13.2 Å². The van der Waals surface area contributed by atoms with Gasteiger partial charge in [0.05, 0.1) is 18.2 Å². The van der Waals surface area contributed by atoms with E-state index in [1.54, 1.807) is 24.4 Å². The Morgan fingerprint density at radius 3 is 2.54 bits per heavy atom. The Morgan fingerprint density at radius 2 is 1.83 bits per heavy atom. The van der Waals surface area contributed by atoms with E-state index in [-0.39, 0.29) is 17.9 Å². The van der Waals surface area contributed by atoms with E-state index >= 15 is 0 Å². The van der Waals surface area contributed by atoms with Crippen molar-refractivity contribution in [2.24, 2.45) is 0 Å². The molecule has 6 nitrogen and oxygen atoms in total. The molecule has 1 aromatic carbocycles. The molecule has 0 aliphatic heterocycles. The SMILES string of the molecule is OC(Cn1nnnc1-c1ccccn1)c1ccccc1C(F)(F)F. The molecule has 124 valence electrons. The van der Waals surface area contributed by atoms with Gasteiger partial charge in [-0.1, -0.05) is 24.3 Å². The van der Waals surface area contributed by atoms with Crippen molar-refractivity contribution in [3.8, 4) is 11.5 Å². The van der Waals surface area contributed by atoms with Gasteiger partial charge in [0.2, 0.25) is 5.82 Å². The number of aliphatic hydroxyl groups is 1. The number of hydrogen-bond acceptors (Lipinski definition) is 5. The van der Waals surface area contributed by atoms with Gasteiger partial charge in [-0.15, -0.1) is 5.10 Å². The number of nitrogens with zero attached hydrogens (tertiary/aromatic N) is 5. The number of rotatable bonds is 4. The van der Waals surface area contributed by atoms with Crippen LogP contribution in [0.25, 0.3) is 11.5 Å². The zero-order chi connectivity index (χ0) is 17.2. The van der Waals surface area contributed by atoms with Gasteiger partial charge < -0.3 is 5.11 Å². The Bertz CT molecular complexity index is 819. The van der Waals surface area contributed by atoms with Gasteiger partial charge >= 0.3 is 6.18 Å². The highest BCUT2D eigenvalue weighted by atomic mass is 19.4. The molecule has 0 saturated carbocycles. The van der Waals surface area contributed by atoms with E-state index in [9.17, 15) is 18.3 Å². The van der Waals surface area contributed by atoms with Crippen LogP contribution >= 0.6 is 0 Å². The highest BCUT2D eigenvalue weighted by Gasteiger charge is 2.34. The lowest BCUT2D eigenvalue weighted by atomic mass is 10.0. The van der Waals surface area contributed by atoms with Crippen LogP contribution in [0.5, 0.6) is 0 Å². The first-order valence-electron chi connectivity index (χ1n) is 6.98. The summed E-state index contributed by atoms with van der Waals surface area (Å²) >= 11 is 0. The van der Waals surface area contributed by atoms with Crippen LogP contribution in [0.3, 0.4) is 0 Å². The number of benzene rings is 1. The number of hydrogen-bond donors (Lipinski definition) is 1. The van der Waals surface area contributed by atoms with Crippen molar-refractivity contribution in [1.82, 2.24) is 25.2 Å². The predicted octanol–water partition coefficient (Wildman–Crippen LogP) is 2.49. The summed E-state index contributed by atoms with van der Waals surface area (Å²) in [7, 11) is 0. The molecule has 3 aromatic rings. The maximum Gasteiger partial charge on any atom is 0.416 e. The molecule has 0 amide bonds. The van der Waals surface area contributed by atoms with Gasteiger partial charge in [0.15, 0.2) is 0 Å². The van der Waals surface area contributed by atoms with E-state index in [4.69, 9.17) is 0 Å². The normalized spacial score (nSPS) is 13.0. The number of tetrazole rings is 1. The zero-order valence-electron chi connectivity index (χ0n) is 12.2. The third-order valence-electron chi connectivity index (χ3n) is 3.40. The first-order valence-corrected chi connectivity index (χ1v) is 6.98. The van der Waals surface area contributed by atoms with Gasteiger partial charge in [-0.3, -0.25) is 4.98 Å².